The van der Waals surface area contributed by atoms with Crippen LogP contribution in [0.25, 0.3) is 5.65 Å². The fourth-order valence-corrected chi connectivity index (χ4v) is 2.07. The van der Waals surface area contributed by atoms with Crippen molar-refractivity contribution in [2.45, 2.75) is 12.6 Å². The Morgan fingerprint density at radius 1 is 1.26 bits per heavy atom. The number of likely N-dealkylation sites (tertiary alicyclic amines) is 1. The van der Waals surface area contributed by atoms with Gasteiger partial charge in [0.1, 0.15) is 11.3 Å². The molecule has 0 atom stereocenters. The summed E-state index contributed by atoms with van der Waals surface area (Å²) in [5, 5.41) is 0. The van der Waals surface area contributed by atoms with Gasteiger partial charge in [-0.05, 0) is 18.6 Å². The van der Waals surface area contributed by atoms with Crippen LogP contribution in [-0.4, -0.2) is 33.3 Å². The first-order valence-corrected chi connectivity index (χ1v) is 5.82. The smallest absolute Gasteiger partial charge is 0.337 e. The zero-order chi connectivity index (χ0) is 13.6. The van der Waals surface area contributed by atoms with E-state index in [4.69, 9.17) is 0 Å². The fraction of sp³-hybridized carbons (Fsp3) is 0.333. The molecule has 2 aromatic heterocycles. The number of nitrogens with zero attached hydrogens (tertiary/aromatic N) is 3. The van der Waals surface area contributed by atoms with Crippen molar-refractivity contribution in [2.75, 3.05) is 13.1 Å². The van der Waals surface area contributed by atoms with Gasteiger partial charge in [0.25, 0.3) is 5.91 Å². The Hall–Kier alpha value is -2.05. The van der Waals surface area contributed by atoms with E-state index in [1.807, 2.05) is 0 Å². The first kappa shape index (κ1) is 12.0. The zero-order valence-corrected chi connectivity index (χ0v) is 9.81. The van der Waals surface area contributed by atoms with Crippen molar-refractivity contribution in [3.63, 3.8) is 0 Å². The highest BCUT2D eigenvalue weighted by Gasteiger charge is 2.41. The van der Waals surface area contributed by atoms with E-state index in [9.17, 15) is 18.0 Å². The molecule has 0 bridgehead atoms. The van der Waals surface area contributed by atoms with Gasteiger partial charge in [0, 0.05) is 19.3 Å². The molecule has 1 aliphatic heterocycles. The van der Waals surface area contributed by atoms with Gasteiger partial charge in [0.2, 0.25) is 0 Å². The van der Waals surface area contributed by atoms with E-state index in [0.717, 1.165) is 6.42 Å². The number of aromatic nitrogens is 2. The second-order valence-corrected chi connectivity index (χ2v) is 4.38. The van der Waals surface area contributed by atoms with Gasteiger partial charge in [-0.3, -0.25) is 9.20 Å². The minimum atomic E-state index is -4.64. The lowest BCUT2D eigenvalue weighted by molar-refractivity contribution is -0.141. The molecule has 3 heterocycles. The third-order valence-corrected chi connectivity index (χ3v) is 3.14. The van der Waals surface area contributed by atoms with Crippen molar-refractivity contribution in [3.8, 4) is 0 Å². The van der Waals surface area contributed by atoms with Crippen LogP contribution in [0.15, 0.2) is 24.4 Å². The van der Waals surface area contributed by atoms with E-state index in [1.54, 1.807) is 12.1 Å². The van der Waals surface area contributed by atoms with Crippen molar-refractivity contribution in [2.24, 2.45) is 0 Å². The quantitative estimate of drug-likeness (QED) is 0.796. The van der Waals surface area contributed by atoms with Gasteiger partial charge in [0.15, 0.2) is 5.69 Å². The van der Waals surface area contributed by atoms with Crippen molar-refractivity contribution < 1.29 is 18.0 Å². The number of pyridine rings is 1. The SMILES string of the molecule is O=C(c1c(C(F)(F)F)nc2ccccn12)N1CCC1. The molecular weight excluding hydrogens is 259 g/mol. The molecule has 0 unspecified atom stereocenters. The largest absolute Gasteiger partial charge is 0.435 e. The van der Waals surface area contributed by atoms with E-state index in [0.29, 0.717) is 13.1 Å². The van der Waals surface area contributed by atoms with Crippen LogP contribution < -0.4 is 0 Å². The molecule has 100 valence electrons. The van der Waals surface area contributed by atoms with Crippen molar-refractivity contribution >= 4 is 11.6 Å². The van der Waals surface area contributed by atoms with Crippen LogP contribution in [-0.2, 0) is 6.18 Å². The van der Waals surface area contributed by atoms with E-state index < -0.39 is 23.5 Å². The summed E-state index contributed by atoms with van der Waals surface area (Å²) in [4.78, 5) is 17.1. The number of carbonyl (C=O) groups is 1. The standard InChI is InChI=1S/C12H10F3N3O/c13-12(14,15)10-9(11(19)17-5-3-6-17)18-7-2-1-4-8(18)16-10/h1-2,4,7H,3,5-6H2. The average Bonchev–Trinajstić information content (AvgIpc) is 2.65. The molecule has 0 saturated carbocycles. The third kappa shape index (κ3) is 1.85. The summed E-state index contributed by atoms with van der Waals surface area (Å²) in [6.45, 7) is 0.992. The first-order chi connectivity index (χ1) is 8.98. The Bertz CT molecular complexity index is 643. The van der Waals surface area contributed by atoms with Gasteiger partial charge in [-0.1, -0.05) is 6.07 Å². The topological polar surface area (TPSA) is 37.6 Å². The van der Waals surface area contributed by atoms with Crippen molar-refractivity contribution in [1.82, 2.24) is 14.3 Å². The van der Waals surface area contributed by atoms with Crippen LogP contribution >= 0.6 is 0 Å². The minimum absolute atomic E-state index is 0.124. The summed E-state index contributed by atoms with van der Waals surface area (Å²) in [5.74, 6) is -0.614. The molecule has 1 amide bonds. The molecule has 0 N–H and O–H groups in total. The van der Waals surface area contributed by atoms with E-state index in [2.05, 4.69) is 4.98 Å². The number of alkyl halides is 3. The highest BCUT2D eigenvalue weighted by Crippen LogP contribution is 2.33. The van der Waals surface area contributed by atoms with Gasteiger partial charge >= 0.3 is 6.18 Å². The number of hydrogen-bond acceptors (Lipinski definition) is 2. The van der Waals surface area contributed by atoms with E-state index in [1.165, 1.54) is 21.6 Å². The maximum atomic E-state index is 13.0. The molecule has 2 aromatic rings. The second kappa shape index (κ2) is 3.97. The fourth-order valence-electron chi connectivity index (χ4n) is 2.07. The molecule has 4 nitrogen and oxygen atoms in total. The summed E-state index contributed by atoms with van der Waals surface area (Å²) >= 11 is 0. The van der Waals surface area contributed by atoms with E-state index >= 15 is 0 Å². The summed E-state index contributed by atoms with van der Waals surface area (Å²) in [7, 11) is 0. The molecule has 1 aliphatic rings. The summed E-state index contributed by atoms with van der Waals surface area (Å²) in [6, 6.07) is 4.60. The number of carbonyl (C=O) groups excluding carboxylic acids is 1. The van der Waals surface area contributed by atoms with Gasteiger partial charge in [0.05, 0.1) is 0 Å². The lowest BCUT2D eigenvalue weighted by Crippen LogP contribution is -2.43. The molecule has 3 rings (SSSR count). The van der Waals surface area contributed by atoms with Crippen LogP contribution in [0, 0.1) is 0 Å². The normalized spacial score (nSPS) is 15.6. The number of imidazole rings is 1. The number of halogens is 3. The molecule has 19 heavy (non-hydrogen) atoms. The molecule has 0 aliphatic carbocycles. The Kier molecular flexibility index (Phi) is 2.51. The lowest BCUT2D eigenvalue weighted by atomic mass is 10.2. The monoisotopic (exact) mass is 269 g/mol. The van der Waals surface area contributed by atoms with Crippen LogP contribution in [0.2, 0.25) is 0 Å². The van der Waals surface area contributed by atoms with E-state index in [-0.39, 0.29) is 5.65 Å². The maximum Gasteiger partial charge on any atom is 0.435 e. The first-order valence-electron chi connectivity index (χ1n) is 5.82. The average molecular weight is 269 g/mol. The highest BCUT2D eigenvalue weighted by atomic mass is 19.4. The minimum Gasteiger partial charge on any atom is -0.337 e. The zero-order valence-electron chi connectivity index (χ0n) is 9.81. The predicted octanol–water partition coefficient (Wildman–Crippen LogP) is 2.20. The third-order valence-electron chi connectivity index (χ3n) is 3.14. The molecule has 7 heteroatoms. The van der Waals surface area contributed by atoms with Crippen LogP contribution in [0.3, 0.4) is 0 Å². The Morgan fingerprint density at radius 2 is 2.00 bits per heavy atom. The van der Waals surface area contributed by atoms with Gasteiger partial charge in [-0.15, -0.1) is 0 Å². The van der Waals surface area contributed by atoms with Gasteiger partial charge < -0.3 is 4.90 Å². The summed E-state index contributed by atoms with van der Waals surface area (Å²) < 4.78 is 40.2. The van der Waals surface area contributed by atoms with Crippen LogP contribution in [0.4, 0.5) is 13.2 Å². The molecular formula is C12H10F3N3O. The highest BCUT2D eigenvalue weighted by molar-refractivity contribution is 5.95. The second-order valence-electron chi connectivity index (χ2n) is 4.38. The predicted molar refractivity (Wildman–Crippen MR) is 60.7 cm³/mol. The summed E-state index contributed by atoms with van der Waals surface area (Å²) in [6.07, 6.45) is -2.39. The number of fused-ring (bicyclic) bond motifs is 1. The molecule has 0 spiro atoms. The molecule has 0 aromatic carbocycles. The van der Waals surface area contributed by atoms with Crippen LogP contribution in [0.5, 0.6) is 0 Å². The van der Waals surface area contributed by atoms with Gasteiger partial charge in [-0.25, -0.2) is 4.98 Å². The Labute approximate surface area is 106 Å². The number of amides is 1. The molecule has 0 radical (unpaired) electrons. The van der Waals surface area contributed by atoms with Crippen LogP contribution in [0.1, 0.15) is 22.6 Å². The van der Waals surface area contributed by atoms with Crippen molar-refractivity contribution in [3.05, 3.63) is 35.8 Å². The Balaban J connectivity index is 2.21. The Morgan fingerprint density at radius 3 is 2.58 bits per heavy atom. The van der Waals surface area contributed by atoms with Gasteiger partial charge in [-0.2, -0.15) is 13.2 Å². The van der Waals surface area contributed by atoms with Crippen molar-refractivity contribution in [1.29, 1.82) is 0 Å². The number of rotatable bonds is 1. The maximum absolute atomic E-state index is 13.0. The molecule has 1 saturated heterocycles. The number of hydrogen-bond donors (Lipinski definition) is 0. The molecule has 1 fully saturated rings. The lowest BCUT2D eigenvalue weighted by Gasteiger charge is -2.30. The summed E-state index contributed by atoms with van der Waals surface area (Å²) in [5.41, 5.74) is -1.39.